The van der Waals surface area contributed by atoms with Crippen molar-refractivity contribution in [2.24, 2.45) is 0 Å². The van der Waals surface area contributed by atoms with Gasteiger partial charge in [0.05, 0.1) is 7.11 Å². The Bertz CT molecular complexity index is 499. The van der Waals surface area contributed by atoms with E-state index in [1.807, 2.05) is 23.1 Å². The van der Waals surface area contributed by atoms with Gasteiger partial charge in [-0.05, 0) is 49.9 Å². The summed E-state index contributed by atoms with van der Waals surface area (Å²) >= 11 is 5.76. The van der Waals surface area contributed by atoms with Crippen LogP contribution in [0.1, 0.15) is 38.7 Å². The Hall–Kier alpha value is -1.22. The van der Waals surface area contributed by atoms with Crippen molar-refractivity contribution < 1.29 is 9.53 Å². The standard InChI is InChI=1S/C15H20ClNO2/c1-10-8-15(2,3)17(14(18)9-16)13-6-5-11(19-4)7-12(10)13/h5-7,10H,8-9H2,1-4H3/t10-/m1/s1. The molecule has 104 valence electrons. The van der Waals surface area contributed by atoms with Crippen molar-refractivity contribution >= 4 is 23.2 Å². The van der Waals surface area contributed by atoms with Crippen molar-refractivity contribution in [3.63, 3.8) is 0 Å². The highest BCUT2D eigenvalue weighted by atomic mass is 35.5. The van der Waals surface area contributed by atoms with Crippen molar-refractivity contribution in [3.8, 4) is 5.75 Å². The Kier molecular flexibility index (Phi) is 3.77. The lowest BCUT2D eigenvalue weighted by Crippen LogP contribution is -2.52. The Morgan fingerprint density at radius 1 is 1.53 bits per heavy atom. The molecule has 0 bridgehead atoms. The van der Waals surface area contributed by atoms with Gasteiger partial charge in [0, 0.05) is 11.2 Å². The molecule has 1 aliphatic rings. The lowest BCUT2D eigenvalue weighted by Gasteiger charge is -2.45. The topological polar surface area (TPSA) is 29.5 Å². The summed E-state index contributed by atoms with van der Waals surface area (Å²) in [5, 5.41) is 0. The maximum Gasteiger partial charge on any atom is 0.242 e. The van der Waals surface area contributed by atoms with Crippen LogP contribution in [0.15, 0.2) is 18.2 Å². The van der Waals surface area contributed by atoms with Gasteiger partial charge in [-0.3, -0.25) is 4.79 Å². The number of hydrogen-bond acceptors (Lipinski definition) is 2. The molecule has 0 aromatic heterocycles. The molecule has 19 heavy (non-hydrogen) atoms. The van der Waals surface area contributed by atoms with Crippen molar-refractivity contribution in [1.29, 1.82) is 0 Å². The summed E-state index contributed by atoms with van der Waals surface area (Å²) in [6.07, 6.45) is 0.912. The normalized spacial score (nSPS) is 20.9. The third-order valence-electron chi connectivity index (χ3n) is 3.78. The summed E-state index contributed by atoms with van der Waals surface area (Å²) < 4.78 is 5.27. The number of carbonyl (C=O) groups is 1. The molecule has 1 aromatic rings. The second-order valence-corrected chi connectivity index (χ2v) is 5.97. The van der Waals surface area contributed by atoms with Gasteiger partial charge in [-0.1, -0.05) is 6.92 Å². The molecule has 1 atom stereocenters. The van der Waals surface area contributed by atoms with Crippen LogP contribution in [-0.2, 0) is 4.79 Å². The molecule has 1 heterocycles. The van der Waals surface area contributed by atoms with Gasteiger partial charge in [0.25, 0.3) is 0 Å². The molecular formula is C15H20ClNO2. The number of anilines is 1. The zero-order valence-corrected chi connectivity index (χ0v) is 12.6. The van der Waals surface area contributed by atoms with Crippen molar-refractivity contribution in [2.75, 3.05) is 17.9 Å². The summed E-state index contributed by atoms with van der Waals surface area (Å²) in [7, 11) is 1.65. The van der Waals surface area contributed by atoms with Crippen LogP contribution in [0.4, 0.5) is 5.69 Å². The molecule has 0 radical (unpaired) electrons. The highest BCUT2D eigenvalue weighted by molar-refractivity contribution is 6.29. The van der Waals surface area contributed by atoms with Crippen molar-refractivity contribution in [2.45, 2.75) is 38.6 Å². The van der Waals surface area contributed by atoms with E-state index in [0.717, 1.165) is 23.4 Å². The molecule has 0 spiro atoms. The lowest BCUT2D eigenvalue weighted by atomic mass is 9.80. The highest BCUT2D eigenvalue weighted by Gasteiger charge is 2.39. The number of ether oxygens (including phenoxy) is 1. The molecule has 0 N–H and O–H groups in total. The Labute approximate surface area is 119 Å². The third-order valence-corrected chi connectivity index (χ3v) is 4.01. The second kappa shape index (κ2) is 5.04. The molecule has 1 aliphatic heterocycles. The first-order valence-electron chi connectivity index (χ1n) is 6.47. The van der Waals surface area contributed by atoms with Crippen LogP contribution >= 0.6 is 11.6 Å². The fraction of sp³-hybridized carbons (Fsp3) is 0.533. The van der Waals surface area contributed by atoms with Crippen molar-refractivity contribution in [3.05, 3.63) is 23.8 Å². The largest absolute Gasteiger partial charge is 0.497 e. The summed E-state index contributed by atoms with van der Waals surface area (Å²) in [5.41, 5.74) is 1.89. The molecule has 0 unspecified atom stereocenters. The first-order valence-corrected chi connectivity index (χ1v) is 7.01. The van der Waals surface area contributed by atoms with E-state index in [2.05, 4.69) is 20.8 Å². The third kappa shape index (κ3) is 2.44. The zero-order chi connectivity index (χ0) is 14.2. The second-order valence-electron chi connectivity index (χ2n) is 5.71. The fourth-order valence-corrected chi connectivity index (χ4v) is 3.19. The predicted octanol–water partition coefficient (Wildman–Crippen LogP) is 3.55. The molecular weight excluding hydrogens is 262 g/mol. The van der Waals surface area contributed by atoms with Gasteiger partial charge in [-0.2, -0.15) is 0 Å². The van der Waals surface area contributed by atoms with Crippen LogP contribution in [0, 0.1) is 0 Å². The van der Waals surface area contributed by atoms with Gasteiger partial charge < -0.3 is 9.64 Å². The van der Waals surface area contributed by atoms with Gasteiger partial charge >= 0.3 is 0 Å². The number of nitrogens with zero attached hydrogens (tertiary/aromatic N) is 1. The number of halogens is 1. The molecule has 2 rings (SSSR count). The van der Waals surface area contributed by atoms with E-state index in [9.17, 15) is 4.79 Å². The Morgan fingerprint density at radius 3 is 2.79 bits per heavy atom. The summed E-state index contributed by atoms with van der Waals surface area (Å²) in [4.78, 5) is 14.0. The number of rotatable bonds is 2. The van der Waals surface area contributed by atoms with E-state index >= 15 is 0 Å². The smallest absolute Gasteiger partial charge is 0.242 e. The molecule has 0 saturated carbocycles. The van der Waals surface area contributed by atoms with E-state index in [1.54, 1.807) is 7.11 Å². The average molecular weight is 282 g/mol. The summed E-state index contributed by atoms with van der Waals surface area (Å²) in [5.74, 6) is 1.16. The summed E-state index contributed by atoms with van der Waals surface area (Å²) in [6, 6.07) is 5.86. The minimum absolute atomic E-state index is 0.00325. The van der Waals surface area contributed by atoms with E-state index in [0.29, 0.717) is 5.92 Å². The van der Waals surface area contributed by atoms with E-state index in [4.69, 9.17) is 16.3 Å². The number of amides is 1. The molecule has 4 heteroatoms. The Morgan fingerprint density at radius 2 is 2.21 bits per heavy atom. The monoisotopic (exact) mass is 281 g/mol. The molecule has 0 saturated heterocycles. The van der Waals surface area contributed by atoms with Gasteiger partial charge in [-0.25, -0.2) is 0 Å². The van der Waals surface area contributed by atoms with Crippen LogP contribution in [0.3, 0.4) is 0 Å². The first-order chi connectivity index (χ1) is 8.90. The molecule has 3 nitrogen and oxygen atoms in total. The van der Waals surface area contributed by atoms with E-state index in [-0.39, 0.29) is 17.3 Å². The number of alkyl halides is 1. The first kappa shape index (κ1) is 14.2. The van der Waals surface area contributed by atoms with E-state index < -0.39 is 0 Å². The quantitative estimate of drug-likeness (QED) is 0.776. The number of carbonyl (C=O) groups excluding carboxylic acids is 1. The molecule has 0 aliphatic carbocycles. The number of benzene rings is 1. The van der Waals surface area contributed by atoms with Crippen LogP contribution in [-0.4, -0.2) is 24.4 Å². The summed E-state index contributed by atoms with van der Waals surface area (Å²) in [6.45, 7) is 6.35. The average Bonchev–Trinajstić information content (AvgIpc) is 2.37. The maximum atomic E-state index is 12.2. The van der Waals surface area contributed by atoms with Crippen LogP contribution in [0.2, 0.25) is 0 Å². The van der Waals surface area contributed by atoms with Gasteiger partial charge in [-0.15, -0.1) is 11.6 Å². The fourth-order valence-electron chi connectivity index (χ4n) is 3.07. The zero-order valence-electron chi connectivity index (χ0n) is 11.9. The predicted molar refractivity (Wildman–Crippen MR) is 78.3 cm³/mol. The molecule has 1 amide bonds. The van der Waals surface area contributed by atoms with Crippen LogP contribution < -0.4 is 9.64 Å². The minimum atomic E-state index is -0.215. The van der Waals surface area contributed by atoms with Gasteiger partial charge in [0.2, 0.25) is 5.91 Å². The lowest BCUT2D eigenvalue weighted by molar-refractivity contribution is -0.117. The molecule has 1 aromatic carbocycles. The van der Waals surface area contributed by atoms with Crippen LogP contribution in [0.25, 0.3) is 0 Å². The molecule has 0 fully saturated rings. The minimum Gasteiger partial charge on any atom is -0.497 e. The Balaban J connectivity index is 2.56. The number of fused-ring (bicyclic) bond motifs is 1. The van der Waals surface area contributed by atoms with E-state index in [1.165, 1.54) is 0 Å². The highest BCUT2D eigenvalue weighted by Crippen LogP contribution is 2.44. The van der Waals surface area contributed by atoms with Gasteiger partial charge in [0.15, 0.2) is 0 Å². The number of methoxy groups -OCH3 is 1. The maximum absolute atomic E-state index is 12.2. The van der Waals surface area contributed by atoms with Crippen molar-refractivity contribution in [1.82, 2.24) is 0 Å². The number of hydrogen-bond donors (Lipinski definition) is 0. The van der Waals surface area contributed by atoms with Crippen LogP contribution in [0.5, 0.6) is 5.75 Å². The van der Waals surface area contributed by atoms with Gasteiger partial charge in [0.1, 0.15) is 11.6 Å². The SMILES string of the molecule is COc1ccc2c(c1)[C@H](C)CC(C)(C)N2C(=O)CCl.